The number of hydrogen-bond donors (Lipinski definition) is 0. The first kappa shape index (κ1) is 19.2. The quantitative estimate of drug-likeness (QED) is 0.628. The van der Waals surface area contributed by atoms with Gasteiger partial charge in [-0.05, 0) is 11.6 Å². The first-order valence-electron chi connectivity index (χ1n) is 9.86. The van der Waals surface area contributed by atoms with Crippen LogP contribution in [-0.2, 0) is 22.6 Å². The number of nitrogens with zero attached hydrogens (tertiary/aromatic N) is 3. The van der Waals surface area contributed by atoms with E-state index in [4.69, 9.17) is 4.74 Å². The minimum absolute atomic E-state index is 0.0709. The van der Waals surface area contributed by atoms with Crippen molar-refractivity contribution in [2.24, 2.45) is 0 Å². The third kappa shape index (κ3) is 4.17. The summed E-state index contributed by atoms with van der Waals surface area (Å²) in [4.78, 5) is 29.3. The Balaban J connectivity index is 1.41. The highest BCUT2D eigenvalue weighted by Gasteiger charge is 2.23. The number of esters is 1. The second kappa shape index (κ2) is 8.49. The molecule has 4 rings (SSSR count). The van der Waals surface area contributed by atoms with Crippen LogP contribution in [0.25, 0.3) is 10.9 Å². The monoisotopic (exact) mass is 391 g/mol. The van der Waals surface area contributed by atoms with E-state index in [2.05, 4.69) is 29.2 Å². The molecule has 1 aromatic heterocycles. The molecular formula is C23H25N3O3. The number of rotatable bonds is 5. The Morgan fingerprint density at radius 2 is 1.62 bits per heavy atom. The van der Waals surface area contributed by atoms with Gasteiger partial charge in [0.05, 0.1) is 12.7 Å². The molecule has 2 aromatic carbocycles. The molecule has 0 saturated carbocycles. The van der Waals surface area contributed by atoms with Crippen molar-refractivity contribution >= 4 is 22.8 Å². The number of aromatic nitrogens is 1. The number of amides is 1. The summed E-state index contributed by atoms with van der Waals surface area (Å²) in [7, 11) is 1.37. The van der Waals surface area contributed by atoms with Gasteiger partial charge in [0.1, 0.15) is 6.54 Å². The lowest BCUT2D eigenvalue weighted by Crippen LogP contribution is -2.49. The number of piperazine rings is 1. The Morgan fingerprint density at radius 3 is 2.34 bits per heavy atom. The molecule has 0 aliphatic carbocycles. The van der Waals surface area contributed by atoms with E-state index in [1.165, 1.54) is 12.7 Å². The Morgan fingerprint density at radius 1 is 0.931 bits per heavy atom. The van der Waals surface area contributed by atoms with E-state index in [9.17, 15) is 9.59 Å². The average Bonchev–Trinajstić information content (AvgIpc) is 3.13. The van der Waals surface area contributed by atoms with Gasteiger partial charge >= 0.3 is 5.97 Å². The predicted octanol–water partition coefficient (Wildman–Crippen LogP) is 2.77. The number of benzene rings is 2. The maximum atomic E-state index is 12.9. The zero-order chi connectivity index (χ0) is 20.2. The van der Waals surface area contributed by atoms with Crippen molar-refractivity contribution in [1.82, 2.24) is 14.4 Å². The van der Waals surface area contributed by atoms with Gasteiger partial charge in [-0.1, -0.05) is 48.5 Å². The molecular weight excluding hydrogens is 366 g/mol. The standard InChI is InChI=1S/C23H25N3O3/c1-29-23(28)20-16-26(21-10-6-5-9-19(20)21)17-22(27)25-13-11-24(12-14-25)15-18-7-3-2-4-8-18/h2-10,16H,11-15,17H2,1H3. The minimum Gasteiger partial charge on any atom is -0.465 e. The van der Waals surface area contributed by atoms with E-state index in [-0.39, 0.29) is 18.4 Å². The zero-order valence-electron chi connectivity index (χ0n) is 16.6. The third-order valence-electron chi connectivity index (χ3n) is 5.47. The van der Waals surface area contributed by atoms with Crippen molar-refractivity contribution < 1.29 is 14.3 Å². The average molecular weight is 391 g/mol. The normalized spacial score (nSPS) is 14.9. The molecule has 29 heavy (non-hydrogen) atoms. The number of fused-ring (bicyclic) bond motifs is 1. The van der Waals surface area contributed by atoms with Gasteiger partial charge in [-0.2, -0.15) is 0 Å². The summed E-state index contributed by atoms with van der Waals surface area (Å²) in [5, 5.41) is 0.805. The van der Waals surface area contributed by atoms with Crippen molar-refractivity contribution in [2.45, 2.75) is 13.1 Å². The topological polar surface area (TPSA) is 54.8 Å². The van der Waals surface area contributed by atoms with Gasteiger partial charge in [0.25, 0.3) is 0 Å². The highest BCUT2D eigenvalue weighted by molar-refractivity contribution is 6.04. The molecule has 0 radical (unpaired) electrons. The van der Waals surface area contributed by atoms with Crippen molar-refractivity contribution in [2.75, 3.05) is 33.3 Å². The summed E-state index contributed by atoms with van der Waals surface area (Å²) < 4.78 is 6.73. The summed E-state index contributed by atoms with van der Waals surface area (Å²) in [6.07, 6.45) is 1.72. The van der Waals surface area contributed by atoms with Gasteiger partial charge in [0.15, 0.2) is 0 Å². The molecule has 6 nitrogen and oxygen atoms in total. The van der Waals surface area contributed by atoms with Crippen LogP contribution in [0, 0.1) is 0 Å². The summed E-state index contributed by atoms with van der Waals surface area (Å²) >= 11 is 0. The molecule has 0 bridgehead atoms. The largest absolute Gasteiger partial charge is 0.465 e. The van der Waals surface area contributed by atoms with E-state index >= 15 is 0 Å². The number of hydrogen-bond acceptors (Lipinski definition) is 4. The summed E-state index contributed by atoms with van der Waals surface area (Å²) in [5.74, 6) is -0.316. The Labute approximate surface area is 170 Å². The number of ether oxygens (including phenoxy) is 1. The van der Waals surface area contributed by atoms with Crippen molar-refractivity contribution in [1.29, 1.82) is 0 Å². The molecule has 150 valence electrons. The van der Waals surface area contributed by atoms with Crippen LogP contribution in [0.3, 0.4) is 0 Å². The lowest BCUT2D eigenvalue weighted by Gasteiger charge is -2.35. The van der Waals surface area contributed by atoms with E-state index < -0.39 is 0 Å². The smallest absolute Gasteiger partial charge is 0.340 e. The van der Waals surface area contributed by atoms with Crippen LogP contribution < -0.4 is 0 Å². The van der Waals surface area contributed by atoms with Crippen LogP contribution in [0.15, 0.2) is 60.8 Å². The van der Waals surface area contributed by atoms with Gasteiger partial charge in [-0.15, -0.1) is 0 Å². The predicted molar refractivity (Wildman–Crippen MR) is 112 cm³/mol. The SMILES string of the molecule is COC(=O)c1cn(CC(=O)N2CCN(Cc3ccccc3)CC2)c2ccccc12. The van der Waals surface area contributed by atoms with Crippen LogP contribution in [-0.4, -0.2) is 59.5 Å². The molecule has 0 spiro atoms. The van der Waals surface area contributed by atoms with Gasteiger partial charge in [-0.25, -0.2) is 4.79 Å². The second-order valence-corrected chi connectivity index (χ2v) is 7.32. The number of carbonyl (C=O) groups is 2. The van der Waals surface area contributed by atoms with E-state index in [0.29, 0.717) is 18.7 Å². The van der Waals surface area contributed by atoms with Gasteiger partial charge in [0, 0.05) is 49.8 Å². The Hall–Kier alpha value is -3.12. The molecule has 1 fully saturated rings. The van der Waals surface area contributed by atoms with E-state index in [1.807, 2.05) is 39.8 Å². The second-order valence-electron chi connectivity index (χ2n) is 7.32. The van der Waals surface area contributed by atoms with Crippen LogP contribution >= 0.6 is 0 Å². The molecule has 2 heterocycles. The molecule has 1 amide bonds. The van der Waals surface area contributed by atoms with Crippen molar-refractivity contribution in [3.63, 3.8) is 0 Å². The number of para-hydroxylation sites is 1. The highest BCUT2D eigenvalue weighted by Crippen LogP contribution is 2.22. The first-order valence-corrected chi connectivity index (χ1v) is 9.86. The Kier molecular flexibility index (Phi) is 5.62. The molecule has 6 heteroatoms. The van der Waals surface area contributed by atoms with Crippen LogP contribution in [0.5, 0.6) is 0 Å². The molecule has 1 aliphatic rings. The third-order valence-corrected chi connectivity index (χ3v) is 5.47. The number of carbonyl (C=O) groups excluding carboxylic acids is 2. The summed E-state index contributed by atoms with van der Waals surface area (Å²) in [5.41, 5.74) is 2.65. The van der Waals surface area contributed by atoms with E-state index in [1.54, 1.807) is 6.20 Å². The van der Waals surface area contributed by atoms with Crippen LogP contribution in [0.4, 0.5) is 0 Å². The van der Waals surface area contributed by atoms with E-state index in [0.717, 1.165) is 30.5 Å². The zero-order valence-corrected chi connectivity index (χ0v) is 16.6. The van der Waals surface area contributed by atoms with Gasteiger partial charge in [-0.3, -0.25) is 9.69 Å². The fraction of sp³-hybridized carbons (Fsp3) is 0.304. The fourth-order valence-electron chi connectivity index (χ4n) is 3.89. The lowest BCUT2D eigenvalue weighted by molar-refractivity contribution is -0.133. The molecule has 0 N–H and O–H groups in total. The molecule has 0 atom stereocenters. The van der Waals surface area contributed by atoms with Crippen molar-refractivity contribution in [3.05, 3.63) is 71.9 Å². The van der Waals surface area contributed by atoms with Gasteiger partial charge < -0.3 is 14.2 Å². The molecule has 1 aliphatic heterocycles. The van der Waals surface area contributed by atoms with Gasteiger partial charge in [0.2, 0.25) is 5.91 Å². The summed E-state index contributed by atoms with van der Waals surface area (Å²) in [6.45, 7) is 4.29. The van der Waals surface area contributed by atoms with Crippen molar-refractivity contribution in [3.8, 4) is 0 Å². The lowest BCUT2D eigenvalue weighted by atomic mass is 10.2. The highest BCUT2D eigenvalue weighted by atomic mass is 16.5. The Bertz CT molecular complexity index is 1000. The summed E-state index contributed by atoms with van der Waals surface area (Å²) in [6, 6.07) is 18.0. The fourth-order valence-corrected chi connectivity index (χ4v) is 3.89. The first-order chi connectivity index (χ1) is 14.2. The molecule has 0 unspecified atom stereocenters. The molecule has 1 saturated heterocycles. The maximum Gasteiger partial charge on any atom is 0.340 e. The van der Waals surface area contributed by atoms with Crippen LogP contribution in [0.1, 0.15) is 15.9 Å². The number of methoxy groups -OCH3 is 1. The minimum atomic E-state index is -0.387. The molecule has 3 aromatic rings. The maximum absolute atomic E-state index is 12.9. The van der Waals surface area contributed by atoms with Crippen LogP contribution in [0.2, 0.25) is 0 Å².